The van der Waals surface area contributed by atoms with Gasteiger partial charge in [0.15, 0.2) is 11.0 Å². The van der Waals surface area contributed by atoms with Gasteiger partial charge in [-0.05, 0) is 44.2 Å². The molecule has 0 saturated heterocycles. The molecule has 3 rings (SSSR count). The fraction of sp³-hybridized carbons (Fsp3) is 0.222. The molecule has 9 heteroatoms. The molecule has 0 radical (unpaired) electrons. The van der Waals surface area contributed by atoms with E-state index in [1.165, 1.54) is 23.9 Å². The summed E-state index contributed by atoms with van der Waals surface area (Å²) in [6.07, 6.45) is 3.38. The number of pyridine rings is 1. The van der Waals surface area contributed by atoms with Crippen molar-refractivity contribution in [2.45, 2.75) is 30.8 Å². The number of amides is 1. The Morgan fingerprint density at radius 2 is 2.04 bits per heavy atom. The van der Waals surface area contributed by atoms with Gasteiger partial charge in [-0.15, -0.1) is 10.2 Å². The number of carbonyl (C=O) groups excluding carboxylic acids is 1. The minimum absolute atomic E-state index is 0.0892. The van der Waals surface area contributed by atoms with Crippen molar-refractivity contribution in [1.82, 2.24) is 19.7 Å². The minimum atomic E-state index is -0.579. The van der Waals surface area contributed by atoms with E-state index >= 15 is 0 Å². The Kier molecular flexibility index (Phi) is 6.08. The summed E-state index contributed by atoms with van der Waals surface area (Å²) in [5, 5.41) is 11.4. The number of halogens is 2. The molecule has 0 unspecified atom stereocenters. The van der Waals surface area contributed by atoms with Crippen LogP contribution in [0.4, 0.5) is 10.1 Å². The Balaban J connectivity index is 1.75. The molecule has 2 aromatic heterocycles. The van der Waals surface area contributed by atoms with Gasteiger partial charge in [0.25, 0.3) is 0 Å². The molecule has 27 heavy (non-hydrogen) atoms. The summed E-state index contributed by atoms with van der Waals surface area (Å²) in [6.45, 7) is 4.35. The summed E-state index contributed by atoms with van der Waals surface area (Å²) in [7, 11) is 0. The van der Waals surface area contributed by atoms with Crippen LogP contribution >= 0.6 is 23.4 Å². The van der Waals surface area contributed by atoms with Crippen molar-refractivity contribution in [1.29, 1.82) is 0 Å². The highest BCUT2D eigenvalue weighted by Crippen LogP contribution is 2.27. The van der Waals surface area contributed by atoms with Crippen LogP contribution in [0.3, 0.4) is 0 Å². The molecule has 0 fully saturated rings. The SMILES string of the molecule is CCn1c(S[C@H](C)C(=O)Nc2ccc(Cl)cc2F)nnc1-c1ccncc1. The van der Waals surface area contributed by atoms with Crippen LogP contribution in [-0.4, -0.2) is 30.9 Å². The Morgan fingerprint density at radius 1 is 1.30 bits per heavy atom. The zero-order chi connectivity index (χ0) is 19.4. The van der Waals surface area contributed by atoms with Crippen LogP contribution in [0.5, 0.6) is 0 Å². The number of thioether (sulfide) groups is 1. The van der Waals surface area contributed by atoms with Crippen LogP contribution in [0.1, 0.15) is 13.8 Å². The number of carbonyl (C=O) groups is 1. The Bertz CT molecular complexity index is 950. The van der Waals surface area contributed by atoms with Gasteiger partial charge in [-0.1, -0.05) is 23.4 Å². The first kappa shape index (κ1) is 19.3. The normalized spacial score (nSPS) is 12.0. The highest BCUT2D eigenvalue weighted by molar-refractivity contribution is 8.00. The molecule has 140 valence electrons. The number of nitrogens with one attached hydrogen (secondary N) is 1. The van der Waals surface area contributed by atoms with Gasteiger partial charge in [0, 0.05) is 29.5 Å². The predicted octanol–water partition coefficient (Wildman–Crippen LogP) is 4.27. The van der Waals surface area contributed by atoms with Gasteiger partial charge in [0.1, 0.15) is 5.82 Å². The van der Waals surface area contributed by atoms with E-state index < -0.39 is 11.1 Å². The second-order valence-electron chi connectivity index (χ2n) is 5.66. The van der Waals surface area contributed by atoms with Gasteiger partial charge in [-0.3, -0.25) is 9.78 Å². The summed E-state index contributed by atoms with van der Waals surface area (Å²) in [6, 6.07) is 7.81. The molecule has 2 heterocycles. The highest BCUT2D eigenvalue weighted by atomic mass is 35.5. The third-order valence-corrected chi connectivity index (χ3v) is 5.13. The van der Waals surface area contributed by atoms with Gasteiger partial charge in [0.2, 0.25) is 5.91 Å². The molecular weight excluding hydrogens is 389 g/mol. The van der Waals surface area contributed by atoms with Crippen LogP contribution in [0.15, 0.2) is 47.9 Å². The van der Waals surface area contributed by atoms with Gasteiger partial charge < -0.3 is 9.88 Å². The summed E-state index contributed by atoms with van der Waals surface area (Å²) in [4.78, 5) is 16.4. The van der Waals surface area contributed by atoms with E-state index in [2.05, 4.69) is 20.5 Å². The van der Waals surface area contributed by atoms with E-state index in [0.717, 1.165) is 11.6 Å². The molecule has 1 aromatic carbocycles. The average molecular weight is 406 g/mol. The maximum absolute atomic E-state index is 13.9. The molecule has 6 nitrogen and oxygen atoms in total. The highest BCUT2D eigenvalue weighted by Gasteiger charge is 2.21. The first-order valence-electron chi connectivity index (χ1n) is 8.25. The van der Waals surface area contributed by atoms with Crippen LogP contribution in [0.25, 0.3) is 11.4 Å². The monoisotopic (exact) mass is 405 g/mol. The van der Waals surface area contributed by atoms with E-state index in [1.54, 1.807) is 19.3 Å². The van der Waals surface area contributed by atoms with E-state index in [1.807, 2.05) is 23.6 Å². The first-order valence-corrected chi connectivity index (χ1v) is 9.51. The summed E-state index contributed by atoms with van der Waals surface area (Å²) >= 11 is 6.99. The lowest BCUT2D eigenvalue weighted by atomic mass is 10.2. The minimum Gasteiger partial charge on any atom is -0.323 e. The molecule has 1 atom stereocenters. The van der Waals surface area contributed by atoms with E-state index in [4.69, 9.17) is 11.6 Å². The smallest absolute Gasteiger partial charge is 0.237 e. The summed E-state index contributed by atoms with van der Waals surface area (Å²) in [5.41, 5.74) is 0.984. The van der Waals surface area contributed by atoms with E-state index in [0.29, 0.717) is 17.5 Å². The van der Waals surface area contributed by atoms with Crippen molar-refractivity contribution in [3.05, 3.63) is 53.6 Å². The number of rotatable bonds is 6. The Morgan fingerprint density at radius 3 is 2.70 bits per heavy atom. The molecule has 0 aliphatic rings. The molecule has 0 bridgehead atoms. The largest absolute Gasteiger partial charge is 0.323 e. The zero-order valence-corrected chi connectivity index (χ0v) is 16.3. The second kappa shape index (κ2) is 8.49. The molecule has 3 aromatic rings. The van der Waals surface area contributed by atoms with Crippen molar-refractivity contribution >= 4 is 35.0 Å². The Labute approximate surface area is 165 Å². The number of benzene rings is 1. The summed E-state index contributed by atoms with van der Waals surface area (Å²) < 4.78 is 15.8. The second-order valence-corrected chi connectivity index (χ2v) is 7.40. The van der Waals surface area contributed by atoms with Crippen LogP contribution in [-0.2, 0) is 11.3 Å². The molecule has 0 saturated carbocycles. The van der Waals surface area contributed by atoms with Crippen LogP contribution in [0.2, 0.25) is 5.02 Å². The third-order valence-electron chi connectivity index (χ3n) is 3.81. The Hall–Kier alpha value is -2.45. The average Bonchev–Trinajstić information content (AvgIpc) is 3.07. The maximum Gasteiger partial charge on any atom is 0.237 e. The first-order chi connectivity index (χ1) is 13.0. The number of hydrogen-bond acceptors (Lipinski definition) is 5. The lowest BCUT2D eigenvalue weighted by Crippen LogP contribution is -2.23. The lowest BCUT2D eigenvalue weighted by molar-refractivity contribution is -0.115. The topological polar surface area (TPSA) is 72.7 Å². The number of hydrogen-bond donors (Lipinski definition) is 1. The quantitative estimate of drug-likeness (QED) is 0.620. The number of nitrogens with zero attached hydrogens (tertiary/aromatic N) is 4. The van der Waals surface area contributed by atoms with E-state index in [9.17, 15) is 9.18 Å². The van der Waals surface area contributed by atoms with Gasteiger partial charge in [0.05, 0.1) is 10.9 Å². The van der Waals surface area contributed by atoms with Gasteiger partial charge in [-0.25, -0.2) is 4.39 Å². The molecular formula is C18H17ClFN5OS. The van der Waals surface area contributed by atoms with Crippen LogP contribution < -0.4 is 5.32 Å². The number of anilines is 1. The molecule has 1 amide bonds. The van der Waals surface area contributed by atoms with Crippen molar-refractivity contribution < 1.29 is 9.18 Å². The number of aromatic nitrogens is 4. The van der Waals surface area contributed by atoms with Crippen molar-refractivity contribution in [2.24, 2.45) is 0 Å². The molecule has 0 aliphatic carbocycles. The fourth-order valence-electron chi connectivity index (χ4n) is 2.41. The van der Waals surface area contributed by atoms with Crippen LogP contribution in [0, 0.1) is 5.82 Å². The summed E-state index contributed by atoms with van der Waals surface area (Å²) in [5.74, 6) is -0.208. The maximum atomic E-state index is 13.9. The molecule has 1 N–H and O–H groups in total. The van der Waals surface area contributed by atoms with E-state index in [-0.39, 0.29) is 16.6 Å². The lowest BCUT2D eigenvalue weighted by Gasteiger charge is -2.13. The van der Waals surface area contributed by atoms with Crippen molar-refractivity contribution in [3.8, 4) is 11.4 Å². The molecule has 0 aliphatic heterocycles. The standard InChI is InChI=1S/C18H17ClFN5OS/c1-3-25-16(12-6-8-21-9-7-12)23-24-18(25)27-11(2)17(26)22-15-5-4-13(19)10-14(15)20/h4-11H,3H2,1-2H3,(H,22,26)/t11-/m1/s1. The fourth-order valence-corrected chi connectivity index (χ4v) is 3.48. The van der Waals surface area contributed by atoms with Crippen molar-refractivity contribution in [3.63, 3.8) is 0 Å². The van der Waals surface area contributed by atoms with Gasteiger partial charge >= 0.3 is 0 Å². The van der Waals surface area contributed by atoms with Gasteiger partial charge in [-0.2, -0.15) is 0 Å². The molecule has 0 spiro atoms. The zero-order valence-electron chi connectivity index (χ0n) is 14.7. The third kappa shape index (κ3) is 4.45. The van der Waals surface area contributed by atoms with Crippen molar-refractivity contribution in [2.75, 3.05) is 5.32 Å². The predicted molar refractivity (Wildman–Crippen MR) is 104 cm³/mol.